The summed E-state index contributed by atoms with van der Waals surface area (Å²) in [5.41, 5.74) is 1.21. The summed E-state index contributed by atoms with van der Waals surface area (Å²) in [7, 11) is 1.26. The van der Waals surface area contributed by atoms with E-state index in [2.05, 4.69) is 10.1 Å². The topological polar surface area (TPSA) is 92.8 Å². The number of amides is 3. The molecular weight excluding hydrogens is 324 g/mol. The van der Waals surface area contributed by atoms with Crippen molar-refractivity contribution in [2.24, 2.45) is 0 Å². The van der Waals surface area contributed by atoms with Gasteiger partial charge in [-0.05, 0) is 30.3 Å². The molecule has 3 amide bonds. The molecule has 1 aliphatic rings. The van der Waals surface area contributed by atoms with Crippen LogP contribution in [0, 0.1) is 0 Å². The van der Waals surface area contributed by atoms with Gasteiger partial charge < -0.3 is 10.1 Å². The lowest BCUT2D eigenvalue weighted by atomic mass is 10.1. The highest BCUT2D eigenvalue weighted by atomic mass is 16.5. The molecule has 7 heteroatoms. The van der Waals surface area contributed by atoms with Gasteiger partial charge >= 0.3 is 5.97 Å². The van der Waals surface area contributed by atoms with E-state index in [-0.39, 0.29) is 16.7 Å². The Bertz CT molecular complexity index is 856. The van der Waals surface area contributed by atoms with Crippen LogP contribution in [0.1, 0.15) is 31.1 Å². The van der Waals surface area contributed by atoms with Crippen LogP contribution in [0.2, 0.25) is 0 Å². The van der Waals surface area contributed by atoms with Gasteiger partial charge in [-0.25, -0.2) is 4.79 Å². The number of carbonyl (C=O) groups is 4. The van der Waals surface area contributed by atoms with Gasteiger partial charge in [0, 0.05) is 5.69 Å². The number of nitrogens with one attached hydrogen (secondary N) is 1. The second kappa shape index (κ2) is 6.56. The third-order valence-corrected chi connectivity index (χ3v) is 3.75. The van der Waals surface area contributed by atoms with Crippen molar-refractivity contribution in [1.29, 1.82) is 0 Å². The molecule has 0 atom stereocenters. The smallest absolute Gasteiger partial charge is 0.337 e. The fraction of sp³-hybridized carbons (Fsp3) is 0.111. The first kappa shape index (κ1) is 16.4. The van der Waals surface area contributed by atoms with Crippen molar-refractivity contribution in [1.82, 2.24) is 4.90 Å². The molecule has 0 radical (unpaired) electrons. The number of imide groups is 1. The van der Waals surface area contributed by atoms with Gasteiger partial charge in [0.2, 0.25) is 5.91 Å². The summed E-state index contributed by atoms with van der Waals surface area (Å²) in [6.07, 6.45) is 0. The zero-order valence-electron chi connectivity index (χ0n) is 13.3. The van der Waals surface area contributed by atoms with Gasteiger partial charge in [0.25, 0.3) is 11.8 Å². The minimum atomic E-state index is -0.545. The molecule has 0 unspecified atom stereocenters. The van der Waals surface area contributed by atoms with Crippen LogP contribution in [-0.2, 0) is 9.53 Å². The molecule has 1 aliphatic heterocycles. The molecule has 3 rings (SSSR count). The Hall–Kier alpha value is -3.48. The van der Waals surface area contributed by atoms with E-state index in [1.54, 1.807) is 42.5 Å². The summed E-state index contributed by atoms with van der Waals surface area (Å²) in [5, 5.41) is 2.56. The maximum Gasteiger partial charge on any atom is 0.337 e. The number of anilines is 1. The van der Waals surface area contributed by atoms with Crippen molar-refractivity contribution in [2.45, 2.75) is 0 Å². The number of benzene rings is 2. The Morgan fingerprint density at radius 3 is 2.24 bits per heavy atom. The number of hydrogen-bond donors (Lipinski definition) is 1. The molecule has 0 aliphatic carbocycles. The molecule has 25 heavy (non-hydrogen) atoms. The second-order valence-corrected chi connectivity index (χ2v) is 5.36. The SMILES string of the molecule is COC(=O)c1cccc(NC(=O)CN2C(=O)c3ccccc3C2=O)c1. The number of ether oxygens (including phenoxy) is 1. The van der Waals surface area contributed by atoms with E-state index in [1.807, 2.05) is 0 Å². The maximum absolute atomic E-state index is 12.2. The quantitative estimate of drug-likeness (QED) is 0.677. The monoisotopic (exact) mass is 338 g/mol. The van der Waals surface area contributed by atoms with E-state index in [0.29, 0.717) is 5.69 Å². The van der Waals surface area contributed by atoms with Gasteiger partial charge in [-0.3, -0.25) is 19.3 Å². The molecule has 0 fully saturated rings. The first-order valence-electron chi connectivity index (χ1n) is 7.44. The number of esters is 1. The lowest BCUT2D eigenvalue weighted by molar-refractivity contribution is -0.116. The minimum Gasteiger partial charge on any atom is -0.465 e. The zero-order chi connectivity index (χ0) is 18.0. The first-order chi connectivity index (χ1) is 12.0. The molecule has 0 bridgehead atoms. The van der Waals surface area contributed by atoms with Crippen LogP contribution in [0.5, 0.6) is 0 Å². The highest BCUT2D eigenvalue weighted by Gasteiger charge is 2.36. The molecule has 0 saturated carbocycles. The van der Waals surface area contributed by atoms with E-state index in [1.165, 1.54) is 13.2 Å². The number of hydrogen-bond acceptors (Lipinski definition) is 5. The van der Waals surface area contributed by atoms with E-state index in [4.69, 9.17) is 0 Å². The standard InChI is InChI=1S/C18H14N2O5/c1-25-18(24)11-5-4-6-12(9-11)19-15(21)10-20-16(22)13-7-2-3-8-14(13)17(20)23/h2-9H,10H2,1H3,(H,19,21). The molecule has 0 saturated heterocycles. The third-order valence-electron chi connectivity index (χ3n) is 3.75. The van der Waals surface area contributed by atoms with E-state index >= 15 is 0 Å². The predicted molar refractivity (Wildman–Crippen MR) is 88.2 cm³/mol. The number of methoxy groups -OCH3 is 1. The van der Waals surface area contributed by atoms with Crippen LogP contribution in [0.4, 0.5) is 5.69 Å². The molecule has 1 N–H and O–H groups in total. The number of rotatable bonds is 4. The largest absolute Gasteiger partial charge is 0.465 e. The lowest BCUT2D eigenvalue weighted by Gasteiger charge is -2.14. The summed E-state index contributed by atoms with van der Waals surface area (Å²) >= 11 is 0. The predicted octanol–water partition coefficient (Wildman–Crippen LogP) is 1.71. The van der Waals surface area contributed by atoms with Crippen LogP contribution in [0.15, 0.2) is 48.5 Å². The fourth-order valence-corrected chi connectivity index (χ4v) is 2.57. The Labute approximate surface area is 143 Å². The Morgan fingerprint density at radius 1 is 1.00 bits per heavy atom. The van der Waals surface area contributed by atoms with E-state index < -0.39 is 30.2 Å². The van der Waals surface area contributed by atoms with Crippen LogP contribution in [0.25, 0.3) is 0 Å². The van der Waals surface area contributed by atoms with Crippen molar-refractivity contribution >= 4 is 29.4 Å². The number of nitrogens with zero attached hydrogens (tertiary/aromatic N) is 1. The molecule has 0 spiro atoms. The van der Waals surface area contributed by atoms with E-state index in [0.717, 1.165) is 4.90 Å². The highest BCUT2D eigenvalue weighted by Crippen LogP contribution is 2.22. The second-order valence-electron chi connectivity index (χ2n) is 5.36. The Morgan fingerprint density at radius 2 is 1.64 bits per heavy atom. The van der Waals surface area contributed by atoms with Crippen molar-refractivity contribution in [2.75, 3.05) is 19.0 Å². The van der Waals surface area contributed by atoms with Gasteiger partial charge in [-0.1, -0.05) is 18.2 Å². The summed E-state index contributed by atoms with van der Waals surface area (Å²) in [4.78, 5) is 49.1. The first-order valence-corrected chi connectivity index (χ1v) is 7.44. The fourth-order valence-electron chi connectivity index (χ4n) is 2.57. The van der Waals surface area contributed by atoms with Gasteiger partial charge in [0.1, 0.15) is 6.54 Å². The molecular formula is C18H14N2O5. The molecule has 7 nitrogen and oxygen atoms in total. The van der Waals surface area contributed by atoms with Crippen LogP contribution >= 0.6 is 0 Å². The Balaban J connectivity index is 1.71. The van der Waals surface area contributed by atoms with Gasteiger partial charge in [0.15, 0.2) is 0 Å². The van der Waals surface area contributed by atoms with Crippen molar-refractivity contribution in [3.63, 3.8) is 0 Å². The number of fused-ring (bicyclic) bond motifs is 1. The van der Waals surface area contributed by atoms with Crippen LogP contribution in [-0.4, -0.2) is 42.2 Å². The van der Waals surface area contributed by atoms with Gasteiger partial charge in [0.05, 0.1) is 23.8 Å². The number of carbonyl (C=O) groups excluding carboxylic acids is 4. The molecule has 1 heterocycles. The van der Waals surface area contributed by atoms with Crippen molar-refractivity contribution in [3.8, 4) is 0 Å². The zero-order valence-corrected chi connectivity index (χ0v) is 13.3. The lowest BCUT2D eigenvalue weighted by Crippen LogP contribution is -2.37. The highest BCUT2D eigenvalue weighted by molar-refractivity contribution is 6.22. The van der Waals surface area contributed by atoms with Gasteiger partial charge in [-0.15, -0.1) is 0 Å². The van der Waals surface area contributed by atoms with Crippen LogP contribution < -0.4 is 5.32 Å². The average molecular weight is 338 g/mol. The molecule has 126 valence electrons. The maximum atomic E-state index is 12.2. The van der Waals surface area contributed by atoms with Crippen molar-refractivity contribution < 1.29 is 23.9 Å². The van der Waals surface area contributed by atoms with Gasteiger partial charge in [-0.2, -0.15) is 0 Å². The van der Waals surface area contributed by atoms with E-state index in [9.17, 15) is 19.2 Å². The summed E-state index contributed by atoms with van der Waals surface area (Å²) < 4.78 is 4.62. The molecule has 0 aromatic heterocycles. The van der Waals surface area contributed by atoms with Crippen molar-refractivity contribution in [3.05, 3.63) is 65.2 Å². The summed E-state index contributed by atoms with van der Waals surface area (Å²) in [5.74, 6) is -2.08. The molecule has 2 aromatic carbocycles. The average Bonchev–Trinajstić information content (AvgIpc) is 2.86. The summed E-state index contributed by atoms with van der Waals surface area (Å²) in [6, 6.07) is 12.6. The Kier molecular flexibility index (Phi) is 4.30. The van der Waals surface area contributed by atoms with Crippen LogP contribution in [0.3, 0.4) is 0 Å². The minimum absolute atomic E-state index is 0.279. The third kappa shape index (κ3) is 3.12. The normalized spacial score (nSPS) is 12.8. The summed E-state index contributed by atoms with van der Waals surface area (Å²) in [6.45, 7) is -0.408. The molecule has 2 aromatic rings.